The highest BCUT2D eigenvalue weighted by atomic mass is 16.4. The molecule has 0 radical (unpaired) electrons. The number of carboxylic acids is 1. The Morgan fingerprint density at radius 2 is 2.21 bits per heavy atom. The minimum absolute atomic E-state index is 0.0941. The first-order valence-corrected chi connectivity index (χ1v) is 5.61. The van der Waals surface area contributed by atoms with Crippen LogP contribution in [-0.2, 0) is 4.79 Å². The molecule has 7 heteroatoms. The monoisotopic (exact) mass is 260 g/mol. The number of nitrogens with one attached hydrogen (secondary N) is 1. The average Bonchev–Trinajstić information content (AvgIpc) is 2.92. The Balaban J connectivity index is 2.06. The summed E-state index contributed by atoms with van der Waals surface area (Å²) in [7, 11) is 0. The van der Waals surface area contributed by atoms with Gasteiger partial charge in [0, 0.05) is 30.7 Å². The molecular weight excluding hydrogens is 248 g/mol. The predicted molar refractivity (Wildman–Crippen MR) is 65.9 cm³/mol. The molecule has 7 nitrogen and oxygen atoms in total. The third kappa shape index (κ3) is 3.38. The van der Waals surface area contributed by atoms with Gasteiger partial charge in [0.25, 0.3) is 5.91 Å². The molecule has 0 saturated carbocycles. The number of pyridine rings is 1. The van der Waals surface area contributed by atoms with Gasteiger partial charge in [-0.05, 0) is 12.1 Å². The summed E-state index contributed by atoms with van der Waals surface area (Å²) in [6.07, 6.45) is 6.32. The van der Waals surface area contributed by atoms with Crippen LogP contribution in [0.2, 0.25) is 0 Å². The molecule has 2 aromatic rings. The standard InChI is InChI=1S/C12H12N4O3/c17-11(18)2-4-15-12(19)9-1-3-14-10(7-9)16-6-5-13-8-16/h1,3,5-8H,2,4H2,(H,15,19)(H,17,18). The number of hydrogen-bond donors (Lipinski definition) is 2. The zero-order valence-electron chi connectivity index (χ0n) is 9.98. The molecule has 0 aliphatic heterocycles. The summed E-state index contributed by atoms with van der Waals surface area (Å²) < 4.78 is 1.67. The number of hydrogen-bond acceptors (Lipinski definition) is 4. The highest BCUT2D eigenvalue weighted by Gasteiger charge is 2.08. The van der Waals surface area contributed by atoms with Gasteiger partial charge in [-0.25, -0.2) is 9.97 Å². The maximum absolute atomic E-state index is 11.8. The van der Waals surface area contributed by atoms with Crippen LogP contribution in [0, 0.1) is 0 Å². The van der Waals surface area contributed by atoms with Crippen LogP contribution in [0.1, 0.15) is 16.8 Å². The van der Waals surface area contributed by atoms with E-state index in [1.807, 2.05) is 0 Å². The Morgan fingerprint density at radius 3 is 2.89 bits per heavy atom. The molecule has 2 N–H and O–H groups in total. The number of imidazole rings is 1. The number of aliphatic carboxylic acids is 1. The lowest BCUT2D eigenvalue weighted by Gasteiger charge is -2.05. The first-order chi connectivity index (χ1) is 9.16. The fourth-order valence-corrected chi connectivity index (χ4v) is 1.48. The molecule has 2 aromatic heterocycles. The Bertz CT molecular complexity index is 580. The summed E-state index contributed by atoms with van der Waals surface area (Å²) >= 11 is 0. The topological polar surface area (TPSA) is 97.1 Å². The minimum atomic E-state index is -0.950. The fraction of sp³-hybridized carbons (Fsp3) is 0.167. The molecule has 0 aliphatic rings. The van der Waals surface area contributed by atoms with Crippen molar-refractivity contribution in [2.75, 3.05) is 6.54 Å². The lowest BCUT2D eigenvalue weighted by atomic mass is 10.2. The van der Waals surface area contributed by atoms with E-state index in [2.05, 4.69) is 15.3 Å². The van der Waals surface area contributed by atoms with Gasteiger partial charge in [-0.15, -0.1) is 0 Å². The van der Waals surface area contributed by atoms with Crippen molar-refractivity contribution >= 4 is 11.9 Å². The van der Waals surface area contributed by atoms with Crippen LogP contribution in [0.15, 0.2) is 37.1 Å². The third-order valence-corrected chi connectivity index (χ3v) is 2.40. The van der Waals surface area contributed by atoms with Crippen molar-refractivity contribution in [3.8, 4) is 5.82 Å². The normalized spacial score (nSPS) is 10.1. The van der Waals surface area contributed by atoms with Gasteiger partial charge in [-0.1, -0.05) is 0 Å². The van der Waals surface area contributed by atoms with Crippen molar-refractivity contribution in [3.63, 3.8) is 0 Å². The summed E-state index contributed by atoms with van der Waals surface area (Å²) in [5.41, 5.74) is 0.420. The van der Waals surface area contributed by atoms with Crippen LogP contribution in [-0.4, -0.2) is 38.1 Å². The Kier molecular flexibility index (Phi) is 3.87. The highest BCUT2D eigenvalue weighted by Crippen LogP contribution is 2.06. The Morgan fingerprint density at radius 1 is 1.37 bits per heavy atom. The zero-order chi connectivity index (χ0) is 13.7. The summed E-state index contributed by atoms with van der Waals surface area (Å²) in [5.74, 6) is -0.706. The summed E-state index contributed by atoms with van der Waals surface area (Å²) in [6, 6.07) is 3.17. The zero-order valence-corrected chi connectivity index (χ0v) is 9.98. The number of amides is 1. The molecule has 0 fully saturated rings. The third-order valence-electron chi connectivity index (χ3n) is 2.40. The largest absolute Gasteiger partial charge is 0.481 e. The second kappa shape index (κ2) is 5.76. The average molecular weight is 260 g/mol. The lowest BCUT2D eigenvalue weighted by molar-refractivity contribution is -0.136. The first-order valence-electron chi connectivity index (χ1n) is 5.61. The van der Waals surface area contributed by atoms with E-state index in [0.29, 0.717) is 11.4 Å². The second-order valence-corrected chi connectivity index (χ2v) is 3.77. The maximum Gasteiger partial charge on any atom is 0.305 e. The molecule has 0 spiro atoms. The molecule has 0 atom stereocenters. The van der Waals surface area contributed by atoms with Gasteiger partial charge >= 0.3 is 5.97 Å². The molecule has 2 rings (SSSR count). The molecule has 0 aromatic carbocycles. The molecule has 0 saturated heterocycles. The van der Waals surface area contributed by atoms with Crippen LogP contribution < -0.4 is 5.32 Å². The van der Waals surface area contributed by atoms with Crippen molar-refractivity contribution in [3.05, 3.63) is 42.6 Å². The van der Waals surface area contributed by atoms with E-state index in [0.717, 1.165) is 0 Å². The fourth-order valence-electron chi connectivity index (χ4n) is 1.48. The highest BCUT2D eigenvalue weighted by molar-refractivity contribution is 5.94. The van der Waals surface area contributed by atoms with E-state index in [1.165, 1.54) is 6.20 Å². The molecule has 0 aliphatic carbocycles. The minimum Gasteiger partial charge on any atom is -0.481 e. The van der Waals surface area contributed by atoms with Crippen LogP contribution >= 0.6 is 0 Å². The van der Waals surface area contributed by atoms with Crippen LogP contribution in [0.5, 0.6) is 0 Å². The van der Waals surface area contributed by atoms with Crippen molar-refractivity contribution < 1.29 is 14.7 Å². The molecule has 0 bridgehead atoms. The summed E-state index contributed by atoms with van der Waals surface area (Å²) in [6.45, 7) is 0.0941. The predicted octanol–water partition coefficient (Wildman–Crippen LogP) is 0.472. The van der Waals surface area contributed by atoms with Gasteiger partial charge in [0.05, 0.1) is 6.42 Å². The van der Waals surface area contributed by atoms with Gasteiger partial charge in [0.2, 0.25) is 0 Å². The molecular formula is C12H12N4O3. The Hall–Kier alpha value is -2.70. The van der Waals surface area contributed by atoms with E-state index in [4.69, 9.17) is 5.11 Å². The first kappa shape index (κ1) is 12.7. The molecule has 1 amide bonds. The van der Waals surface area contributed by atoms with E-state index < -0.39 is 5.97 Å². The number of aromatic nitrogens is 3. The second-order valence-electron chi connectivity index (χ2n) is 3.77. The van der Waals surface area contributed by atoms with Crippen LogP contribution in [0.25, 0.3) is 5.82 Å². The number of carbonyl (C=O) groups excluding carboxylic acids is 1. The number of carboxylic acid groups (broad SMARTS) is 1. The van der Waals surface area contributed by atoms with Crippen LogP contribution in [0.4, 0.5) is 0 Å². The smallest absolute Gasteiger partial charge is 0.305 e. The van der Waals surface area contributed by atoms with E-state index in [1.54, 1.807) is 35.4 Å². The van der Waals surface area contributed by atoms with Crippen molar-refractivity contribution in [1.29, 1.82) is 0 Å². The van der Waals surface area contributed by atoms with Gasteiger partial charge in [0.1, 0.15) is 12.1 Å². The van der Waals surface area contributed by atoms with Crippen molar-refractivity contribution in [2.45, 2.75) is 6.42 Å². The van der Waals surface area contributed by atoms with Gasteiger partial charge in [-0.3, -0.25) is 14.2 Å². The van der Waals surface area contributed by atoms with E-state index >= 15 is 0 Å². The van der Waals surface area contributed by atoms with Crippen molar-refractivity contribution in [2.24, 2.45) is 0 Å². The molecule has 98 valence electrons. The quantitative estimate of drug-likeness (QED) is 0.814. The van der Waals surface area contributed by atoms with Gasteiger partial charge < -0.3 is 10.4 Å². The van der Waals surface area contributed by atoms with E-state index in [9.17, 15) is 9.59 Å². The summed E-state index contributed by atoms with van der Waals surface area (Å²) in [5, 5.41) is 11.0. The number of carbonyl (C=O) groups is 2. The van der Waals surface area contributed by atoms with E-state index in [-0.39, 0.29) is 18.9 Å². The molecule has 19 heavy (non-hydrogen) atoms. The number of nitrogens with zero attached hydrogens (tertiary/aromatic N) is 3. The summed E-state index contributed by atoms with van der Waals surface area (Å²) in [4.78, 5) is 30.2. The lowest BCUT2D eigenvalue weighted by Crippen LogP contribution is -2.26. The van der Waals surface area contributed by atoms with Gasteiger partial charge in [-0.2, -0.15) is 0 Å². The maximum atomic E-state index is 11.8. The molecule has 0 unspecified atom stereocenters. The Labute approximate surface area is 108 Å². The van der Waals surface area contributed by atoms with Gasteiger partial charge in [0.15, 0.2) is 0 Å². The van der Waals surface area contributed by atoms with Crippen LogP contribution in [0.3, 0.4) is 0 Å². The number of rotatable bonds is 5. The SMILES string of the molecule is O=C(O)CCNC(=O)c1ccnc(-n2ccnc2)c1. The van der Waals surface area contributed by atoms with Crippen molar-refractivity contribution in [1.82, 2.24) is 19.9 Å². The molecule has 2 heterocycles.